The Kier molecular flexibility index (Phi) is 8.76. The van der Waals surface area contributed by atoms with Crippen LogP contribution in [0.3, 0.4) is 0 Å². The van der Waals surface area contributed by atoms with E-state index >= 15 is 0 Å². The molecule has 9 heteroatoms. The zero-order valence-electron chi connectivity index (χ0n) is 21.2. The van der Waals surface area contributed by atoms with Crippen molar-refractivity contribution in [2.24, 2.45) is 0 Å². The summed E-state index contributed by atoms with van der Waals surface area (Å²) in [4.78, 5) is 39.2. The van der Waals surface area contributed by atoms with E-state index in [1.807, 2.05) is 51.1 Å². The number of rotatable bonds is 9. The van der Waals surface area contributed by atoms with Gasteiger partial charge in [-0.05, 0) is 97.3 Å². The van der Waals surface area contributed by atoms with Crippen LogP contribution in [0.15, 0.2) is 65.6 Å². The van der Waals surface area contributed by atoms with E-state index in [1.165, 1.54) is 0 Å². The maximum Gasteiger partial charge on any atom is 0.294 e. The summed E-state index contributed by atoms with van der Waals surface area (Å²) in [5, 5.41) is 2.92. The van der Waals surface area contributed by atoms with Crippen LogP contribution in [-0.4, -0.2) is 35.1 Å². The van der Waals surface area contributed by atoms with Gasteiger partial charge in [0.25, 0.3) is 11.1 Å². The quantitative estimate of drug-likeness (QED) is 0.302. The van der Waals surface area contributed by atoms with Crippen LogP contribution in [0.2, 0.25) is 5.02 Å². The summed E-state index contributed by atoms with van der Waals surface area (Å²) in [5.41, 5.74) is 4.25. The summed E-state index contributed by atoms with van der Waals surface area (Å²) < 4.78 is 11.7. The predicted octanol–water partition coefficient (Wildman–Crippen LogP) is 6.61. The fourth-order valence-corrected chi connectivity index (χ4v) is 4.89. The van der Waals surface area contributed by atoms with Crippen molar-refractivity contribution >= 4 is 52.2 Å². The van der Waals surface area contributed by atoms with Gasteiger partial charge in [-0.2, -0.15) is 0 Å². The molecule has 38 heavy (non-hydrogen) atoms. The number of hydrogen-bond acceptors (Lipinski definition) is 6. The second-order valence-corrected chi connectivity index (χ2v) is 10.2. The number of aryl methyl sites for hydroxylation is 2. The molecule has 0 atom stereocenters. The summed E-state index contributed by atoms with van der Waals surface area (Å²) >= 11 is 6.74. The maximum atomic E-state index is 12.9. The van der Waals surface area contributed by atoms with Crippen molar-refractivity contribution in [2.45, 2.75) is 27.4 Å². The lowest BCUT2D eigenvalue weighted by Gasteiger charge is -2.13. The Hall–Kier alpha value is -3.75. The molecule has 7 nitrogen and oxygen atoms in total. The molecule has 1 aliphatic heterocycles. The minimum Gasteiger partial charge on any atom is -0.490 e. The second-order valence-electron chi connectivity index (χ2n) is 8.75. The molecule has 3 amide bonds. The number of ether oxygens (including phenoxy) is 2. The highest BCUT2D eigenvalue weighted by atomic mass is 35.5. The molecule has 0 saturated carbocycles. The van der Waals surface area contributed by atoms with Crippen LogP contribution in [0.4, 0.5) is 10.5 Å². The lowest BCUT2D eigenvalue weighted by Crippen LogP contribution is -2.36. The first-order valence-corrected chi connectivity index (χ1v) is 13.2. The number of benzene rings is 3. The summed E-state index contributed by atoms with van der Waals surface area (Å²) in [6.07, 6.45) is 1.61. The van der Waals surface area contributed by atoms with E-state index in [-0.39, 0.29) is 11.4 Å². The van der Waals surface area contributed by atoms with Crippen molar-refractivity contribution < 1.29 is 23.9 Å². The van der Waals surface area contributed by atoms with Gasteiger partial charge >= 0.3 is 0 Å². The second kappa shape index (κ2) is 12.2. The van der Waals surface area contributed by atoms with E-state index in [4.69, 9.17) is 21.1 Å². The highest BCUT2D eigenvalue weighted by Gasteiger charge is 2.36. The monoisotopic (exact) mass is 550 g/mol. The van der Waals surface area contributed by atoms with Crippen LogP contribution in [0.1, 0.15) is 29.2 Å². The standard InChI is InChI=1S/C29H27ClN2O5S/c1-4-36-25-14-21(7-10-24(25)37-17-20-5-8-22(30)9-6-20)15-26-28(34)32(29(35)38-26)16-27(33)31-23-12-18(2)11-19(3)13-23/h5-15H,4,16-17H2,1-3H3,(H,31,33)/b26-15+. The molecule has 1 fully saturated rings. The van der Waals surface area contributed by atoms with Crippen molar-refractivity contribution in [1.29, 1.82) is 0 Å². The number of hydrogen-bond donors (Lipinski definition) is 1. The SMILES string of the molecule is CCOc1cc(/C=C2/SC(=O)N(CC(=O)Nc3cc(C)cc(C)c3)C2=O)ccc1OCc1ccc(Cl)cc1. The number of halogens is 1. The maximum absolute atomic E-state index is 12.9. The Morgan fingerprint density at radius 1 is 0.974 bits per heavy atom. The van der Waals surface area contributed by atoms with Gasteiger partial charge in [-0.3, -0.25) is 19.3 Å². The van der Waals surface area contributed by atoms with Gasteiger partial charge in [0.15, 0.2) is 11.5 Å². The molecule has 3 aromatic rings. The average Bonchev–Trinajstić information content (AvgIpc) is 3.11. The number of anilines is 1. The molecule has 3 aromatic carbocycles. The molecule has 0 spiro atoms. The third-order valence-electron chi connectivity index (χ3n) is 5.55. The predicted molar refractivity (Wildman–Crippen MR) is 151 cm³/mol. The highest BCUT2D eigenvalue weighted by Crippen LogP contribution is 2.35. The largest absolute Gasteiger partial charge is 0.490 e. The number of carbonyl (C=O) groups excluding carboxylic acids is 3. The zero-order valence-corrected chi connectivity index (χ0v) is 22.8. The number of carbonyl (C=O) groups is 3. The number of amides is 3. The molecule has 4 rings (SSSR count). The molecule has 1 N–H and O–H groups in total. The molecule has 1 heterocycles. The van der Waals surface area contributed by atoms with Gasteiger partial charge in [0.05, 0.1) is 11.5 Å². The first kappa shape index (κ1) is 27.3. The Morgan fingerprint density at radius 2 is 1.68 bits per heavy atom. The number of nitrogens with zero attached hydrogens (tertiary/aromatic N) is 1. The fraction of sp³-hybridized carbons (Fsp3) is 0.207. The van der Waals surface area contributed by atoms with E-state index in [0.29, 0.717) is 41.0 Å². The van der Waals surface area contributed by atoms with E-state index in [1.54, 1.807) is 36.4 Å². The first-order valence-electron chi connectivity index (χ1n) is 12.0. The van der Waals surface area contributed by atoms with Crippen molar-refractivity contribution in [3.63, 3.8) is 0 Å². The van der Waals surface area contributed by atoms with Crippen molar-refractivity contribution in [1.82, 2.24) is 4.90 Å². The molecule has 196 valence electrons. The van der Waals surface area contributed by atoms with Gasteiger partial charge in [-0.1, -0.05) is 35.9 Å². The minimum absolute atomic E-state index is 0.228. The molecular weight excluding hydrogens is 524 g/mol. The smallest absolute Gasteiger partial charge is 0.294 e. The van der Waals surface area contributed by atoms with Crippen molar-refractivity contribution in [3.8, 4) is 11.5 Å². The van der Waals surface area contributed by atoms with Gasteiger partial charge in [-0.25, -0.2) is 0 Å². The van der Waals surface area contributed by atoms with Crippen LogP contribution < -0.4 is 14.8 Å². The summed E-state index contributed by atoms with van der Waals surface area (Å²) in [6, 6.07) is 18.3. The first-order chi connectivity index (χ1) is 18.2. The lowest BCUT2D eigenvalue weighted by atomic mass is 10.1. The lowest BCUT2D eigenvalue weighted by molar-refractivity contribution is -0.127. The molecule has 1 aliphatic rings. The Labute approximate surface area is 230 Å². The third-order valence-corrected chi connectivity index (χ3v) is 6.71. The molecule has 0 aromatic heterocycles. The van der Waals surface area contributed by atoms with Crippen LogP contribution in [0.5, 0.6) is 11.5 Å². The Bertz CT molecular complexity index is 1380. The molecular formula is C29H27ClN2O5S. The van der Waals surface area contributed by atoms with Gasteiger partial charge < -0.3 is 14.8 Å². The highest BCUT2D eigenvalue weighted by molar-refractivity contribution is 8.18. The normalized spacial score (nSPS) is 14.2. The van der Waals surface area contributed by atoms with Gasteiger partial charge in [0.1, 0.15) is 13.2 Å². The van der Waals surface area contributed by atoms with E-state index in [0.717, 1.165) is 33.4 Å². The van der Waals surface area contributed by atoms with Gasteiger partial charge in [0, 0.05) is 10.7 Å². The van der Waals surface area contributed by atoms with Crippen LogP contribution >= 0.6 is 23.4 Å². The molecule has 0 radical (unpaired) electrons. The molecule has 0 aliphatic carbocycles. The molecule has 0 bridgehead atoms. The van der Waals surface area contributed by atoms with Gasteiger partial charge in [-0.15, -0.1) is 0 Å². The van der Waals surface area contributed by atoms with Crippen molar-refractivity contribution in [3.05, 3.63) is 92.8 Å². The number of thioether (sulfide) groups is 1. The Morgan fingerprint density at radius 3 is 2.37 bits per heavy atom. The Balaban J connectivity index is 1.44. The summed E-state index contributed by atoms with van der Waals surface area (Å²) in [7, 11) is 0. The average molecular weight is 551 g/mol. The number of nitrogens with one attached hydrogen (secondary N) is 1. The van der Waals surface area contributed by atoms with E-state index in [9.17, 15) is 14.4 Å². The zero-order chi connectivity index (χ0) is 27.2. The van der Waals surface area contributed by atoms with E-state index in [2.05, 4.69) is 5.32 Å². The minimum atomic E-state index is -0.517. The topological polar surface area (TPSA) is 84.9 Å². The van der Waals surface area contributed by atoms with Gasteiger partial charge in [0.2, 0.25) is 5.91 Å². The van der Waals surface area contributed by atoms with Crippen LogP contribution in [0.25, 0.3) is 6.08 Å². The number of imide groups is 1. The van der Waals surface area contributed by atoms with E-state index < -0.39 is 17.1 Å². The summed E-state index contributed by atoms with van der Waals surface area (Å²) in [6.45, 7) is 6.12. The van der Waals surface area contributed by atoms with Crippen molar-refractivity contribution in [2.75, 3.05) is 18.5 Å². The third kappa shape index (κ3) is 6.96. The fourth-order valence-electron chi connectivity index (χ4n) is 3.92. The van der Waals surface area contributed by atoms with Crippen LogP contribution in [0, 0.1) is 13.8 Å². The van der Waals surface area contributed by atoms with Crippen LogP contribution in [-0.2, 0) is 16.2 Å². The molecule has 0 unspecified atom stereocenters. The molecule has 1 saturated heterocycles. The summed E-state index contributed by atoms with van der Waals surface area (Å²) in [5.74, 6) is 0.105.